The number of rotatable bonds is 5. The number of nitrogen functional groups attached to an aromatic ring is 1. The summed E-state index contributed by atoms with van der Waals surface area (Å²) >= 11 is 0. The predicted molar refractivity (Wildman–Crippen MR) is 56.9 cm³/mol. The number of nitrogens with two attached hydrogens (primary N) is 1. The molecule has 104 valence electrons. The van der Waals surface area contributed by atoms with Crippen LogP contribution in [0.1, 0.15) is 5.82 Å². The lowest BCUT2D eigenvalue weighted by Gasteiger charge is -2.05. The Morgan fingerprint density at radius 3 is 2.84 bits per heavy atom. The summed E-state index contributed by atoms with van der Waals surface area (Å²) in [6.45, 7) is -1.45. The first-order chi connectivity index (χ1) is 8.94. The number of nitrogens with zero attached hydrogens (tertiary/aromatic N) is 3. The summed E-state index contributed by atoms with van der Waals surface area (Å²) < 4.78 is 44.8. The highest BCUT2D eigenvalue weighted by molar-refractivity contribution is 5.51. The monoisotopic (exact) mass is 277 g/mol. The summed E-state index contributed by atoms with van der Waals surface area (Å²) in [7, 11) is 0. The summed E-state index contributed by atoms with van der Waals surface area (Å²) in [5, 5.41) is 9.85. The molecule has 0 saturated heterocycles. The molecule has 10 heteroatoms. The van der Waals surface area contributed by atoms with Gasteiger partial charge >= 0.3 is 6.18 Å². The molecule has 0 saturated carbocycles. The van der Waals surface area contributed by atoms with E-state index < -0.39 is 12.8 Å². The number of hydrogen-bond donors (Lipinski definition) is 2. The van der Waals surface area contributed by atoms with E-state index in [1.807, 2.05) is 0 Å². The first kappa shape index (κ1) is 13.3. The number of nitrogens with one attached hydrogen (secondary N) is 1. The molecular weight excluding hydrogens is 267 g/mol. The lowest BCUT2D eigenvalue weighted by Crippen LogP contribution is -2.18. The number of H-pyrrole nitrogens is 1. The minimum absolute atomic E-state index is 0.114. The molecule has 0 fully saturated rings. The van der Waals surface area contributed by atoms with Crippen molar-refractivity contribution in [3.05, 3.63) is 11.9 Å². The number of ether oxygens (including phenoxy) is 1. The highest BCUT2D eigenvalue weighted by atomic mass is 19.4. The Balaban J connectivity index is 1.85. The summed E-state index contributed by atoms with van der Waals surface area (Å²) in [5.74, 6) is 0.670. The number of alkyl halides is 3. The minimum Gasteiger partial charge on any atom is -0.382 e. The molecular formula is C9H10F3N5O2. The van der Waals surface area contributed by atoms with Gasteiger partial charge in [-0.05, 0) is 0 Å². The zero-order valence-corrected chi connectivity index (χ0v) is 9.57. The van der Waals surface area contributed by atoms with Gasteiger partial charge in [-0.25, -0.2) is 0 Å². The van der Waals surface area contributed by atoms with E-state index in [4.69, 9.17) is 10.3 Å². The van der Waals surface area contributed by atoms with Gasteiger partial charge in [0.2, 0.25) is 0 Å². The van der Waals surface area contributed by atoms with Crippen molar-refractivity contribution in [2.24, 2.45) is 0 Å². The second kappa shape index (κ2) is 5.26. The molecule has 7 nitrogen and oxygen atoms in total. The van der Waals surface area contributed by atoms with Gasteiger partial charge in [0.15, 0.2) is 5.82 Å². The van der Waals surface area contributed by atoms with E-state index >= 15 is 0 Å². The molecule has 2 aromatic rings. The van der Waals surface area contributed by atoms with Crippen LogP contribution < -0.4 is 5.73 Å². The minimum atomic E-state index is -4.34. The van der Waals surface area contributed by atoms with Crippen molar-refractivity contribution in [1.82, 2.24) is 20.3 Å². The van der Waals surface area contributed by atoms with Crippen molar-refractivity contribution in [2.45, 2.75) is 12.6 Å². The van der Waals surface area contributed by atoms with Crippen LogP contribution in [0.3, 0.4) is 0 Å². The molecule has 0 aliphatic carbocycles. The lowest BCUT2D eigenvalue weighted by molar-refractivity contribution is -0.173. The zero-order chi connectivity index (χ0) is 13.9. The number of aromatic nitrogens is 4. The Bertz CT molecular complexity index is 536. The van der Waals surface area contributed by atoms with E-state index in [1.165, 1.54) is 6.07 Å². The standard InChI is InChI=1S/C9H10F3N5O2/c10-9(11,12)4-18-2-1-7-14-8(19-17-7)5-3-6(13)16-15-5/h3H,1-2,4H2,(H3,13,15,16). The van der Waals surface area contributed by atoms with Gasteiger partial charge in [-0.1, -0.05) is 5.16 Å². The molecule has 0 bridgehead atoms. The van der Waals surface area contributed by atoms with Gasteiger partial charge in [-0.15, -0.1) is 0 Å². The number of halogens is 3. The van der Waals surface area contributed by atoms with Crippen LogP contribution in [0.15, 0.2) is 10.6 Å². The Kier molecular flexibility index (Phi) is 3.69. The number of hydrogen-bond acceptors (Lipinski definition) is 6. The third-order valence-corrected chi connectivity index (χ3v) is 2.03. The van der Waals surface area contributed by atoms with E-state index in [0.29, 0.717) is 5.69 Å². The molecule has 0 aliphatic heterocycles. The Labute approximate surface area is 104 Å². The van der Waals surface area contributed by atoms with Crippen LogP contribution in [0.5, 0.6) is 0 Å². The molecule has 2 aromatic heterocycles. The summed E-state index contributed by atoms with van der Waals surface area (Å²) in [4.78, 5) is 3.96. The number of aromatic amines is 1. The quantitative estimate of drug-likeness (QED) is 0.795. The molecule has 0 radical (unpaired) electrons. The van der Waals surface area contributed by atoms with Gasteiger partial charge in [0, 0.05) is 12.5 Å². The molecule has 0 spiro atoms. The van der Waals surface area contributed by atoms with Crippen LogP contribution in [-0.2, 0) is 11.2 Å². The molecule has 0 atom stereocenters. The molecule has 2 heterocycles. The molecule has 0 amide bonds. The SMILES string of the molecule is Nc1cc(-c2nc(CCOCC(F)(F)F)no2)[nH]n1. The average molecular weight is 277 g/mol. The van der Waals surface area contributed by atoms with Crippen LogP contribution in [0, 0.1) is 0 Å². The highest BCUT2D eigenvalue weighted by Crippen LogP contribution is 2.17. The van der Waals surface area contributed by atoms with E-state index in [0.717, 1.165) is 0 Å². The van der Waals surface area contributed by atoms with E-state index in [2.05, 4.69) is 25.1 Å². The summed E-state index contributed by atoms with van der Waals surface area (Å²) in [6.07, 6.45) is -4.22. The first-order valence-corrected chi connectivity index (χ1v) is 5.22. The highest BCUT2D eigenvalue weighted by Gasteiger charge is 2.27. The van der Waals surface area contributed by atoms with Gasteiger partial charge in [0.25, 0.3) is 5.89 Å². The van der Waals surface area contributed by atoms with E-state index in [9.17, 15) is 13.2 Å². The van der Waals surface area contributed by atoms with Gasteiger partial charge in [-0.2, -0.15) is 23.3 Å². The Hall–Kier alpha value is -2.10. The molecule has 0 aliphatic rings. The Morgan fingerprint density at radius 2 is 2.21 bits per heavy atom. The maximum Gasteiger partial charge on any atom is 0.411 e. The molecule has 3 N–H and O–H groups in total. The van der Waals surface area contributed by atoms with Crippen LogP contribution in [-0.4, -0.2) is 39.7 Å². The summed E-state index contributed by atoms with van der Waals surface area (Å²) in [6, 6.07) is 1.50. The van der Waals surface area contributed by atoms with Crippen LogP contribution >= 0.6 is 0 Å². The van der Waals surface area contributed by atoms with Gasteiger partial charge < -0.3 is 15.0 Å². The van der Waals surface area contributed by atoms with Crippen molar-refractivity contribution < 1.29 is 22.4 Å². The smallest absolute Gasteiger partial charge is 0.382 e. The Morgan fingerprint density at radius 1 is 1.42 bits per heavy atom. The van der Waals surface area contributed by atoms with Crippen LogP contribution in [0.2, 0.25) is 0 Å². The number of anilines is 1. The fourth-order valence-electron chi connectivity index (χ4n) is 1.26. The maximum atomic E-state index is 11.8. The second-order valence-electron chi connectivity index (χ2n) is 3.64. The average Bonchev–Trinajstić information content (AvgIpc) is 2.92. The van der Waals surface area contributed by atoms with Gasteiger partial charge in [-0.3, -0.25) is 5.10 Å². The van der Waals surface area contributed by atoms with E-state index in [1.54, 1.807) is 0 Å². The van der Waals surface area contributed by atoms with Crippen molar-refractivity contribution in [1.29, 1.82) is 0 Å². The van der Waals surface area contributed by atoms with E-state index in [-0.39, 0.29) is 30.6 Å². The topological polar surface area (TPSA) is 103 Å². The fraction of sp³-hybridized carbons (Fsp3) is 0.444. The van der Waals surface area contributed by atoms with Crippen molar-refractivity contribution in [3.63, 3.8) is 0 Å². The van der Waals surface area contributed by atoms with Crippen molar-refractivity contribution >= 4 is 5.82 Å². The fourth-order valence-corrected chi connectivity index (χ4v) is 1.26. The van der Waals surface area contributed by atoms with Crippen molar-refractivity contribution in [2.75, 3.05) is 18.9 Å². The predicted octanol–water partition coefficient (Wildman–Crippen LogP) is 1.16. The lowest BCUT2D eigenvalue weighted by atomic mass is 10.4. The normalized spacial score (nSPS) is 11.9. The van der Waals surface area contributed by atoms with Crippen LogP contribution in [0.4, 0.5) is 19.0 Å². The van der Waals surface area contributed by atoms with Gasteiger partial charge in [0.1, 0.15) is 18.1 Å². The van der Waals surface area contributed by atoms with Gasteiger partial charge in [0.05, 0.1) is 6.61 Å². The molecule has 2 rings (SSSR count). The second-order valence-corrected chi connectivity index (χ2v) is 3.64. The summed E-state index contributed by atoms with van der Waals surface area (Å²) in [5.41, 5.74) is 5.84. The third-order valence-electron chi connectivity index (χ3n) is 2.03. The van der Waals surface area contributed by atoms with Crippen LogP contribution in [0.25, 0.3) is 11.6 Å². The largest absolute Gasteiger partial charge is 0.411 e. The van der Waals surface area contributed by atoms with Crippen molar-refractivity contribution in [3.8, 4) is 11.6 Å². The first-order valence-electron chi connectivity index (χ1n) is 5.22. The molecule has 0 aromatic carbocycles. The zero-order valence-electron chi connectivity index (χ0n) is 9.57. The maximum absolute atomic E-state index is 11.8. The third kappa shape index (κ3) is 3.95. The molecule has 0 unspecified atom stereocenters. The molecule has 19 heavy (non-hydrogen) atoms.